The lowest BCUT2D eigenvalue weighted by Gasteiger charge is -2.14. The third kappa shape index (κ3) is 4.39. The van der Waals surface area contributed by atoms with Gasteiger partial charge in [0.15, 0.2) is 11.5 Å². The highest BCUT2D eigenvalue weighted by atomic mass is 16.5. The number of nitrogens with zero attached hydrogens (tertiary/aromatic N) is 3. The molecule has 164 valence electrons. The Morgan fingerprint density at radius 1 is 1.19 bits per heavy atom. The fraction of sp³-hybridized carbons (Fsp3) is 0.250. The molecule has 32 heavy (non-hydrogen) atoms. The molecule has 1 aromatic carbocycles. The molecule has 0 fully saturated rings. The summed E-state index contributed by atoms with van der Waals surface area (Å²) >= 11 is 0. The predicted molar refractivity (Wildman–Crippen MR) is 120 cm³/mol. The molecule has 0 radical (unpaired) electrons. The largest absolute Gasteiger partial charge is 0.493 e. The molecule has 3 aromatic heterocycles. The number of fused-ring (bicyclic) bond motifs is 1. The molecule has 1 amide bonds. The lowest BCUT2D eigenvalue weighted by Crippen LogP contribution is -2.14. The number of benzene rings is 1. The van der Waals surface area contributed by atoms with Gasteiger partial charge in [-0.15, -0.1) is 0 Å². The average Bonchev–Trinajstić information content (AvgIpc) is 3.18. The standard InChI is InChI=1S/C24H24N4O4/c1-14(2)19-11-18(22-15(3)28-32-24(22)27-19)23(29)26-17-7-8-20(30-4)21(10-17)31-13-16-6-5-9-25-12-16/h5-12,14H,13H2,1-4H3,(H,26,29). The van der Waals surface area contributed by atoms with E-state index in [4.69, 9.17) is 14.0 Å². The van der Waals surface area contributed by atoms with Gasteiger partial charge in [-0.3, -0.25) is 9.78 Å². The number of hydrogen-bond acceptors (Lipinski definition) is 7. The second-order valence-corrected chi connectivity index (χ2v) is 7.67. The van der Waals surface area contributed by atoms with Gasteiger partial charge in [-0.2, -0.15) is 0 Å². The van der Waals surface area contributed by atoms with E-state index in [1.54, 1.807) is 50.7 Å². The lowest BCUT2D eigenvalue weighted by atomic mass is 10.0. The van der Waals surface area contributed by atoms with Gasteiger partial charge in [-0.1, -0.05) is 25.1 Å². The molecule has 3 heterocycles. The molecule has 0 aliphatic heterocycles. The van der Waals surface area contributed by atoms with Crippen LogP contribution in [0.4, 0.5) is 5.69 Å². The fourth-order valence-electron chi connectivity index (χ4n) is 3.30. The number of aryl methyl sites for hydroxylation is 1. The van der Waals surface area contributed by atoms with E-state index in [-0.39, 0.29) is 11.8 Å². The van der Waals surface area contributed by atoms with Crippen molar-refractivity contribution < 1.29 is 18.8 Å². The van der Waals surface area contributed by atoms with E-state index >= 15 is 0 Å². The molecule has 0 saturated carbocycles. The van der Waals surface area contributed by atoms with Gasteiger partial charge in [-0.25, -0.2) is 4.98 Å². The highest BCUT2D eigenvalue weighted by Gasteiger charge is 2.20. The van der Waals surface area contributed by atoms with Crippen LogP contribution in [0.5, 0.6) is 11.5 Å². The summed E-state index contributed by atoms with van der Waals surface area (Å²) in [5, 5.41) is 7.52. The van der Waals surface area contributed by atoms with Crippen molar-refractivity contribution in [1.29, 1.82) is 0 Å². The molecule has 1 N–H and O–H groups in total. The Morgan fingerprint density at radius 2 is 2.03 bits per heavy atom. The maximum Gasteiger partial charge on any atom is 0.259 e. The summed E-state index contributed by atoms with van der Waals surface area (Å²) in [5.41, 5.74) is 3.69. The highest BCUT2D eigenvalue weighted by Crippen LogP contribution is 2.32. The van der Waals surface area contributed by atoms with Crippen LogP contribution in [-0.4, -0.2) is 28.1 Å². The quantitative estimate of drug-likeness (QED) is 0.444. The monoisotopic (exact) mass is 432 g/mol. The first-order chi connectivity index (χ1) is 15.5. The predicted octanol–water partition coefficient (Wildman–Crippen LogP) is 4.89. The third-order valence-electron chi connectivity index (χ3n) is 5.01. The summed E-state index contributed by atoms with van der Waals surface area (Å²) in [5.74, 6) is 0.923. The van der Waals surface area contributed by atoms with Crippen molar-refractivity contribution in [2.24, 2.45) is 0 Å². The Bertz CT molecular complexity index is 1250. The van der Waals surface area contributed by atoms with Crippen molar-refractivity contribution in [2.45, 2.75) is 33.3 Å². The van der Waals surface area contributed by atoms with Gasteiger partial charge in [-0.05, 0) is 37.1 Å². The molecule has 0 bridgehead atoms. The van der Waals surface area contributed by atoms with Crippen molar-refractivity contribution in [3.05, 3.63) is 71.3 Å². The number of anilines is 1. The smallest absolute Gasteiger partial charge is 0.259 e. The summed E-state index contributed by atoms with van der Waals surface area (Å²) in [4.78, 5) is 21.8. The van der Waals surface area contributed by atoms with Crippen LogP contribution in [0.2, 0.25) is 0 Å². The van der Waals surface area contributed by atoms with Gasteiger partial charge >= 0.3 is 0 Å². The maximum atomic E-state index is 13.2. The first-order valence-electron chi connectivity index (χ1n) is 10.2. The van der Waals surface area contributed by atoms with Gasteiger partial charge in [0.05, 0.1) is 23.8 Å². The van der Waals surface area contributed by atoms with Gasteiger partial charge in [0.2, 0.25) is 0 Å². The zero-order chi connectivity index (χ0) is 22.7. The lowest BCUT2D eigenvalue weighted by molar-refractivity contribution is 0.102. The number of carbonyl (C=O) groups excluding carboxylic acids is 1. The number of rotatable bonds is 7. The van der Waals surface area contributed by atoms with E-state index in [0.29, 0.717) is 46.2 Å². The topological polar surface area (TPSA) is 99.4 Å². The van der Waals surface area contributed by atoms with E-state index in [2.05, 4.69) is 20.4 Å². The third-order valence-corrected chi connectivity index (χ3v) is 5.01. The van der Waals surface area contributed by atoms with Gasteiger partial charge in [0, 0.05) is 35.4 Å². The maximum absolute atomic E-state index is 13.2. The second kappa shape index (κ2) is 9.05. The molecular formula is C24H24N4O4. The minimum absolute atomic E-state index is 0.129. The first-order valence-corrected chi connectivity index (χ1v) is 10.2. The number of nitrogens with one attached hydrogen (secondary N) is 1. The van der Waals surface area contributed by atoms with Gasteiger partial charge in [0.1, 0.15) is 6.61 Å². The van der Waals surface area contributed by atoms with Crippen LogP contribution >= 0.6 is 0 Å². The van der Waals surface area contributed by atoms with Gasteiger partial charge in [0.25, 0.3) is 11.6 Å². The van der Waals surface area contributed by atoms with E-state index in [1.165, 1.54) is 0 Å². The Morgan fingerprint density at radius 3 is 2.75 bits per heavy atom. The van der Waals surface area contributed by atoms with E-state index in [1.807, 2.05) is 26.0 Å². The Labute approximate surface area is 185 Å². The van der Waals surface area contributed by atoms with Crippen LogP contribution < -0.4 is 14.8 Å². The summed E-state index contributed by atoms with van der Waals surface area (Å²) in [6.07, 6.45) is 3.44. The molecule has 8 nitrogen and oxygen atoms in total. The number of pyridine rings is 2. The minimum atomic E-state index is -0.283. The van der Waals surface area contributed by atoms with Crippen molar-refractivity contribution >= 4 is 22.7 Å². The van der Waals surface area contributed by atoms with Crippen LogP contribution in [-0.2, 0) is 6.61 Å². The molecule has 4 aromatic rings. The molecule has 0 saturated heterocycles. The van der Waals surface area contributed by atoms with Crippen LogP contribution in [0.3, 0.4) is 0 Å². The summed E-state index contributed by atoms with van der Waals surface area (Å²) in [6, 6.07) is 10.8. The van der Waals surface area contributed by atoms with E-state index in [0.717, 1.165) is 11.3 Å². The van der Waals surface area contributed by atoms with Crippen LogP contribution in [0, 0.1) is 6.92 Å². The average molecular weight is 432 g/mol. The molecular weight excluding hydrogens is 408 g/mol. The molecule has 0 spiro atoms. The van der Waals surface area contributed by atoms with Crippen molar-refractivity contribution in [2.75, 3.05) is 12.4 Å². The summed E-state index contributed by atoms with van der Waals surface area (Å²) in [6.45, 7) is 6.13. The van der Waals surface area contributed by atoms with Crippen molar-refractivity contribution in [3.63, 3.8) is 0 Å². The van der Waals surface area contributed by atoms with Crippen molar-refractivity contribution in [1.82, 2.24) is 15.1 Å². The zero-order valence-electron chi connectivity index (χ0n) is 18.4. The first kappa shape index (κ1) is 21.3. The second-order valence-electron chi connectivity index (χ2n) is 7.67. The number of hydrogen-bond donors (Lipinski definition) is 1. The normalized spacial score (nSPS) is 11.0. The SMILES string of the molecule is COc1ccc(NC(=O)c2cc(C(C)C)nc3onc(C)c23)cc1OCc1cccnc1. The molecule has 8 heteroatoms. The number of aromatic nitrogens is 3. The number of amides is 1. The van der Waals surface area contributed by atoms with Gasteiger partial charge < -0.3 is 19.3 Å². The summed E-state index contributed by atoms with van der Waals surface area (Å²) < 4.78 is 16.6. The Balaban J connectivity index is 1.61. The van der Waals surface area contributed by atoms with Crippen LogP contribution in [0.25, 0.3) is 11.1 Å². The van der Waals surface area contributed by atoms with Crippen LogP contribution in [0.1, 0.15) is 47.1 Å². The molecule has 0 aliphatic rings. The number of carbonyl (C=O) groups is 1. The summed E-state index contributed by atoms with van der Waals surface area (Å²) in [7, 11) is 1.57. The fourth-order valence-corrected chi connectivity index (χ4v) is 3.30. The molecule has 0 atom stereocenters. The Kier molecular flexibility index (Phi) is 6.02. The molecule has 0 aliphatic carbocycles. The van der Waals surface area contributed by atoms with Crippen LogP contribution in [0.15, 0.2) is 53.3 Å². The highest BCUT2D eigenvalue weighted by molar-refractivity contribution is 6.12. The van der Waals surface area contributed by atoms with E-state index < -0.39 is 0 Å². The zero-order valence-corrected chi connectivity index (χ0v) is 18.4. The minimum Gasteiger partial charge on any atom is -0.493 e. The number of methoxy groups -OCH3 is 1. The Hall–Kier alpha value is -3.94. The molecule has 0 unspecified atom stereocenters. The number of ether oxygens (including phenoxy) is 2. The van der Waals surface area contributed by atoms with E-state index in [9.17, 15) is 4.79 Å². The molecule has 4 rings (SSSR count). The van der Waals surface area contributed by atoms with Crippen molar-refractivity contribution in [3.8, 4) is 11.5 Å².